The van der Waals surface area contributed by atoms with Gasteiger partial charge in [-0.1, -0.05) is 6.07 Å². The summed E-state index contributed by atoms with van der Waals surface area (Å²) in [5.41, 5.74) is 1.55. The van der Waals surface area contributed by atoms with Crippen molar-refractivity contribution in [2.24, 2.45) is 0 Å². The average Bonchev–Trinajstić information content (AvgIpc) is 3.04. The molecule has 0 aliphatic carbocycles. The number of nitrogens with one attached hydrogen (secondary N) is 1. The number of benzene rings is 1. The normalized spacial score (nSPS) is 11.2. The molecule has 0 radical (unpaired) electrons. The van der Waals surface area contributed by atoms with Crippen LogP contribution in [0.25, 0.3) is 10.9 Å². The standard InChI is InChI=1S/C16H14BrNO2S/c1-9(2)20-13-5-3-4-12-14(13)10(8-18-12)15(19)16-11(17)6-7-21-16/h3-9,18H,1-2H3. The van der Waals surface area contributed by atoms with E-state index in [0.29, 0.717) is 10.4 Å². The summed E-state index contributed by atoms with van der Waals surface area (Å²) < 4.78 is 6.67. The van der Waals surface area contributed by atoms with Crippen LogP contribution in [0.3, 0.4) is 0 Å². The van der Waals surface area contributed by atoms with E-state index < -0.39 is 0 Å². The highest BCUT2D eigenvalue weighted by molar-refractivity contribution is 9.10. The Morgan fingerprint density at radius 1 is 1.33 bits per heavy atom. The lowest BCUT2D eigenvalue weighted by molar-refractivity contribution is 0.104. The van der Waals surface area contributed by atoms with Gasteiger partial charge in [0.1, 0.15) is 5.75 Å². The molecule has 0 saturated heterocycles. The Morgan fingerprint density at radius 3 is 2.81 bits per heavy atom. The van der Waals surface area contributed by atoms with Gasteiger partial charge in [-0.3, -0.25) is 4.79 Å². The first kappa shape index (κ1) is 14.4. The van der Waals surface area contributed by atoms with Crippen LogP contribution in [0, 0.1) is 0 Å². The summed E-state index contributed by atoms with van der Waals surface area (Å²) in [4.78, 5) is 16.6. The molecule has 0 atom stereocenters. The molecule has 0 bridgehead atoms. The summed E-state index contributed by atoms with van der Waals surface area (Å²) in [5.74, 6) is 0.739. The maximum Gasteiger partial charge on any atom is 0.206 e. The second kappa shape index (κ2) is 5.66. The van der Waals surface area contributed by atoms with Gasteiger partial charge in [-0.25, -0.2) is 0 Å². The number of ketones is 1. The molecule has 1 aromatic carbocycles. The Labute approximate surface area is 135 Å². The van der Waals surface area contributed by atoms with Gasteiger partial charge in [0, 0.05) is 16.2 Å². The lowest BCUT2D eigenvalue weighted by atomic mass is 10.1. The molecule has 3 rings (SSSR count). The van der Waals surface area contributed by atoms with E-state index in [1.807, 2.05) is 43.5 Å². The summed E-state index contributed by atoms with van der Waals surface area (Å²) in [6, 6.07) is 7.66. The quantitative estimate of drug-likeness (QED) is 0.662. The van der Waals surface area contributed by atoms with Gasteiger partial charge < -0.3 is 9.72 Å². The number of hydrogen-bond acceptors (Lipinski definition) is 3. The van der Waals surface area contributed by atoms with Crippen LogP contribution in [0.15, 0.2) is 40.3 Å². The highest BCUT2D eigenvalue weighted by atomic mass is 79.9. The summed E-state index contributed by atoms with van der Waals surface area (Å²) in [6.45, 7) is 3.95. The first-order chi connectivity index (χ1) is 10.1. The van der Waals surface area contributed by atoms with Crippen LogP contribution in [0.2, 0.25) is 0 Å². The molecule has 21 heavy (non-hydrogen) atoms. The van der Waals surface area contributed by atoms with Crippen molar-refractivity contribution in [2.75, 3.05) is 0 Å². The van der Waals surface area contributed by atoms with Crippen molar-refractivity contribution in [1.29, 1.82) is 0 Å². The van der Waals surface area contributed by atoms with Crippen molar-refractivity contribution in [1.82, 2.24) is 4.98 Å². The number of fused-ring (bicyclic) bond motifs is 1. The van der Waals surface area contributed by atoms with E-state index in [1.165, 1.54) is 11.3 Å². The monoisotopic (exact) mass is 363 g/mol. The van der Waals surface area contributed by atoms with Crippen LogP contribution < -0.4 is 4.74 Å². The minimum absolute atomic E-state index is 0.00271. The summed E-state index contributed by atoms with van der Waals surface area (Å²) >= 11 is 4.86. The zero-order chi connectivity index (χ0) is 15.0. The molecule has 0 aliphatic heterocycles. The van der Waals surface area contributed by atoms with Crippen molar-refractivity contribution in [3.8, 4) is 5.75 Å². The smallest absolute Gasteiger partial charge is 0.206 e. The highest BCUT2D eigenvalue weighted by Gasteiger charge is 2.20. The van der Waals surface area contributed by atoms with Gasteiger partial charge in [-0.05, 0) is 53.4 Å². The highest BCUT2D eigenvalue weighted by Crippen LogP contribution is 2.33. The van der Waals surface area contributed by atoms with Gasteiger partial charge in [-0.15, -0.1) is 11.3 Å². The van der Waals surface area contributed by atoms with E-state index in [2.05, 4.69) is 20.9 Å². The van der Waals surface area contributed by atoms with E-state index in [9.17, 15) is 4.79 Å². The van der Waals surface area contributed by atoms with Crippen molar-refractivity contribution >= 4 is 44.0 Å². The second-order valence-corrected chi connectivity index (χ2v) is 6.74. The number of carbonyl (C=O) groups excluding carboxylic acids is 1. The number of ether oxygens (including phenoxy) is 1. The molecule has 0 unspecified atom stereocenters. The summed E-state index contributed by atoms with van der Waals surface area (Å²) in [7, 11) is 0. The maximum absolute atomic E-state index is 12.7. The van der Waals surface area contributed by atoms with Crippen LogP contribution in [0.5, 0.6) is 5.75 Å². The molecular weight excluding hydrogens is 350 g/mol. The minimum atomic E-state index is 0.00271. The number of H-pyrrole nitrogens is 1. The molecule has 2 heterocycles. The van der Waals surface area contributed by atoms with Crippen molar-refractivity contribution in [3.63, 3.8) is 0 Å². The SMILES string of the molecule is CC(C)Oc1cccc2[nH]cc(C(=O)c3sccc3Br)c12. The molecule has 0 amide bonds. The predicted molar refractivity (Wildman–Crippen MR) is 89.5 cm³/mol. The maximum atomic E-state index is 12.7. The van der Waals surface area contributed by atoms with Crippen molar-refractivity contribution in [2.45, 2.75) is 20.0 Å². The fourth-order valence-electron chi connectivity index (χ4n) is 2.26. The van der Waals surface area contributed by atoms with Crippen LogP contribution in [0.4, 0.5) is 0 Å². The number of thiophene rings is 1. The van der Waals surface area contributed by atoms with Crippen molar-refractivity contribution in [3.05, 3.63) is 50.8 Å². The fourth-order valence-corrected chi connectivity index (χ4v) is 3.77. The molecule has 108 valence electrons. The lowest BCUT2D eigenvalue weighted by Crippen LogP contribution is -2.07. The molecular formula is C16H14BrNO2S. The molecule has 1 N–H and O–H groups in total. The predicted octanol–water partition coefficient (Wildman–Crippen LogP) is 5.01. The Balaban J connectivity index is 2.15. The van der Waals surface area contributed by atoms with Gasteiger partial charge in [0.25, 0.3) is 0 Å². The minimum Gasteiger partial charge on any atom is -0.490 e. The third-order valence-corrected chi connectivity index (χ3v) is 4.93. The van der Waals surface area contributed by atoms with E-state index in [-0.39, 0.29) is 11.9 Å². The zero-order valence-corrected chi connectivity index (χ0v) is 14.0. The van der Waals surface area contributed by atoms with Gasteiger partial charge in [-0.2, -0.15) is 0 Å². The number of aromatic amines is 1. The molecule has 0 fully saturated rings. The van der Waals surface area contributed by atoms with E-state index in [4.69, 9.17) is 4.74 Å². The van der Waals surface area contributed by atoms with E-state index in [0.717, 1.165) is 21.1 Å². The lowest BCUT2D eigenvalue weighted by Gasteiger charge is -2.11. The van der Waals surface area contributed by atoms with Crippen LogP contribution in [-0.4, -0.2) is 16.9 Å². The third-order valence-electron chi connectivity index (χ3n) is 3.10. The van der Waals surface area contributed by atoms with Gasteiger partial charge in [0.2, 0.25) is 5.78 Å². The zero-order valence-electron chi connectivity index (χ0n) is 11.6. The number of carbonyl (C=O) groups is 1. The summed E-state index contributed by atoms with van der Waals surface area (Å²) in [5, 5.41) is 2.74. The number of hydrogen-bond donors (Lipinski definition) is 1. The van der Waals surface area contributed by atoms with Gasteiger partial charge in [0.15, 0.2) is 0 Å². The Kier molecular flexibility index (Phi) is 3.87. The van der Waals surface area contributed by atoms with E-state index >= 15 is 0 Å². The van der Waals surface area contributed by atoms with Crippen LogP contribution in [0.1, 0.15) is 29.1 Å². The molecule has 5 heteroatoms. The third kappa shape index (κ3) is 2.63. The average molecular weight is 364 g/mol. The number of halogens is 1. The molecule has 3 aromatic rings. The topological polar surface area (TPSA) is 42.1 Å². The first-order valence-corrected chi connectivity index (χ1v) is 8.29. The van der Waals surface area contributed by atoms with Gasteiger partial charge in [0.05, 0.1) is 21.9 Å². The largest absolute Gasteiger partial charge is 0.490 e. The van der Waals surface area contributed by atoms with Crippen molar-refractivity contribution < 1.29 is 9.53 Å². The molecule has 0 saturated carbocycles. The Morgan fingerprint density at radius 2 is 2.14 bits per heavy atom. The Hall–Kier alpha value is -1.59. The number of aromatic nitrogens is 1. The molecule has 2 aromatic heterocycles. The van der Waals surface area contributed by atoms with Crippen LogP contribution in [-0.2, 0) is 0 Å². The van der Waals surface area contributed by atoms with Gasteiger partial charge >= 0.3 is 0 Å². The molecule has 3 nitrogen and oxygen atoms in total. The fraction of sp³-hybridized carbons (Fsp3) is 0.188. The summed E-state index contributed by atoms with van der Waals surface area (Å²) in [6.07, 6.45) is 1.81. The molecule has 0 aliphatic rings. The first-order valence-electron chi connectivity index (χ1n) is 6.62. The second-order valence-electron chi connectivity index (χ2n) is 4.97. The molecule has 0 spiro atoms. The van der Waals surface area contributed by atoms with Crippen LogP contribution >= 0.6 is 27.3 Å². The van der Waals surface area contributed by atoms with E-state index in [1.54, 1.807) is 6.20 Å². The number of rotatable bonds is 4. The Bertz CT molecular complexity index is 804.